The predicted octanol–water partition coefficient (Wildman–Crippen LogP) is 3.67. The van der Waals surface area contributed by atoms with Crippen LogP contribution < -0.4 is 15.8 Å². The second-order valence-corrected chi connectivity index (χ2v) is 5.75. The minimum absolute atomic E-state index is 0.0649. The van der Waals surface area contributed by atoms with Crippen LogP contribution in [0.25, 0.3) is 0 Å². The van der Waals surface area contributed by atoms with E-state index in [4.69, 9.17) is 10.5 Å². The van der Waals surface area contributed by atoms with E-state index in [9.17, 15) is 4.79 Å². The molecule has 0 aliphatic rings. The zero-order valence-corrected chi connectivity index (χ0v) is 13.5. The molecule has 0 aromatic heterocycles. The number of benzene rings is 2. The number of carbonyl (C=O) groups is 1. The quantitative estimate of drug-likeness (QED) is 0.828. The highest BCUT2D eigenvalue weighted by Crippen LogP contribution is 2.23. The van der Waals surface area contributed by atoms with Gasteiger partial charge < -0.3 is 15.8 Å². The third-order valence-corrected chi connectivity index (χ3v) is 3.48. The fraction of sp³-hybridized carbons (Fsp3) is 0.188. The van der Waals surface area contributed by atoms with Crippen molar-refractivity contribution in [2.24, 2.45) is 0 Å². The number of ether oxygens (including phenoxy) is 1. The van der Waals surface area contributed by atoms with Crippen LogP contribution in [0.4, 0.5) is 11.4 Å². The summed E-state index contributed by atoms with van der Waals surface area (Å²) < 4.78 is 6.44. The molecule has 4 nitrogen and oxygen atoms in total. The van der Waals surface area contributed by atoms with Gasteiger partial charge in [0, 0.05) is 4.47 Å². The number of nitrogens with two attached hydrogens (primary N) is 1. The number of nitrogens with one attached hydrogen (secondary N) is 1. The van der Waals surface area contributed by atoms with E-state index in [1.54, 1.807) is 6.07 Å². The number of amides is 1. The molecule has 0 spiro atoms. The largest absolute Gasteiger partial charge is 0.483 e. The third-order valence-electron chi connectivity index (χ3n) is 2.99. The first-order chi connectivity index (χ1) is 9.95. The van der Waals surface area contributed by atoms with E-state index in [0.717, 1.165) is 15.6 Å². The summed E-state index contributed by atoms with van der Waals surface area (Å²) in [6.45, 7) is 3.81. The highest BCUT2D eigenvalue weighted by Gasteiger charge is 2.08. The summed E-state index contributed by atoms with van der Waals surface area (Å²) in [6.07, 6.45) is 0. The van der Waals surface area contributed by atoms with Gasteiger partial charge in [0.05, 0.1) is 11.4 Å². The molecular weight excluding hydrogens is 332 g/mol. The van der Waals surface area contributed by atoms with Crippen molar-refractivity contribution >= 4 is 33.2 Å². The zero-order chi connectivity index (χ0) is 15.4. The molecule has 0 unspecified atom stereocenters. The lowest BCUT2D eigenvalue weighted by molar-refractivity contribution is -0.118. The Kier molecular flexibility index (Phi) is 4.85. The average Bonchev–Trinajstić information content (AvgIpc) is 2.43. The lowest BCUT2D eigenvalue weighted by atomic mass is 10.2. The van der Waals surface area contributed by atoms with Crippen LogP contribution in [0, 0.1) is 13.8 Å². The maximum atomic E-state index is 11.9. The summed E-state index contributed by atoms with van der Waals surface area (Å²) in [6, 6.07) is 11.2. The van der Waals surface area contributed by atoms with Gasteiger partial charge >= 0.3 is 0 Å². The standard InChI is InChI=1S/C16H17BrN2O2/c1-10-3-6-14(13(18)7-10)19-16(20)9-21-15-8-12(17)5-4-11(15)2/h3-8H,9,18H2,1-2H3,(H,19,20). The van der Waals surface area contributed by atoms with Crippen LogP contribution >= 0.6 is 15.9 Å². The number of anilines is 2. The molecule has 0 saturated carbocycles. The second-order valence-electron chi connectivity index (χ2n) is 4.84. The first-order valence-corrected chi connectivity index (χ1v) is 7.30. The number of hydrogen-bond donors (Lipinski definition) is 2. The Bertz CT molecular complexity index is 671. The summed E-state index contributed by atoms with van der Waals surface area (Å²) >= 11 is 3.38. The Morgan fingerprint density at radius 1 is 1.24 bits per heavy atom. The summed E-state index contributed by atoms with van der Waals surface area (Å²) in [7, 11) is 0. The Morgan fingerprint density at radius 2 is 2.00 bits per heavy atom. The van der Waals surface area contributed by atoms with Crippen molar-refractivity contribution in [2.75, 3.05) is 17.7 Å². The van der Waals surface area contributed by atoms with Crippen LogP contribution in [0.3, 0.4) is 0 Å². The van der Waals surface area contributed by atoms with Gasteiger partial charge in [0.25, 0.3) is 5.91 Å². The van der Waals surface area contributed by atoms with E-state index in [1.165, 1.54) is 0 Å². The van der Waals surface area contributed by atoms with Gasteiger partial charge in [0.1, 0.15) is 5.75 Å². The van der Waals surface area contributed by atoms with Gasteiger partial charge in [-0.05, 0) is 49.2 Å². The Labute approximate surface area is 132 Å². The topological polar surface area (TPSA) is 64.3 Å². The fourth-order valence-corrected chi connectivity index (χ4v) is 2.20. The van der Waals surface area contributed by atoms with Crippen molar-refractivity contribution in [3.05, 3.63) is 52.0 Å². The molecule has 0 bridgehead atoms. The fourth-order valence-electron chi connectivity index (χ4n) is 1.85. The molecule has 0 fully saturated rings. The summed E-state index contributed by atoms with van der Waals surface area (Å²) in [5.41, 5.74) is 9.02. The number of aryl methyl sites for hydroxylation is 2. The van der Waals surface area contributed by atoms with E-state index >= 15 is 0 Å². The molecular formula is C16H17BrN2O2. The normalized spacial score (nSPS) is 10.2. The predicted molar refractivity (Wildman–Crippen MR) is 88.6 cm³/mol. The molecule has 0 heterocycles. The molecule has 0 atom stereocenters. The number of halogens is 1. The van der Waals surface area contributed by atoms with Gasteiger partial charge in [-0.1, -0.05) is 28.1 Å². The molecule has 2 aromatic carbocycles. The van der Waals surface area contributed by atoms with E-state index < -0.39 is 0 Å². The highest BCUT2D eigenvalue weighted by atomic mass is 79.9. The van der Waals surface area contributed by atoms with Crippen LogP contribution in [0.1, 0.15) is 11.1 Å². The average molecular weight is 349 g/mol. The van der Waals surface area contributed by atoms with Crippen LogP contribution in [0.2, 0.25) is 0 Å². The molecule has 0 aliphatic carbocycles. The first-order valence-electron chi connectivity index (χ1n) is 6.50. The molecule has 21 heavy (non-hydrogen) atoms. The van der Waals surface area contributed by atoms with Crippen LogP contribution in [-0.4, -0.2) is 12.5 Å². The molecule has 0 saturated heterocycles. The molecule has 0 radical (unpaired) electrons. The second kappa shape index (κ2) is 6.63. The third kappa shape index (κ3) is 4.23. The monoisotopic (exact) mass is 348 g/mol. The van der Waals surface area contributed by atoms with Crippen molar-refractivity contribution in [1.29, 1.82) is 0 Å². The molecule has 0 aliphatic heterocycles. The minimum Gasteiger partial charge on any atom is -0.483 e. The maximum absolute atomic E-state index is 11.9. The smallest absolute Gasteiger partial charge is 0.262 e. The Hall–Kier alpha value is -2.01. The molecule has 3 N–H and O–H groups in total. The van der Waals surface area contributed by atoms with Gasteiger partial charge in [-0.2, -0.15) is 0 Å². The minimum atomic E-state index is -0.245. The zero-order valence-electron chi connectivity index (χ0n) is 11.9. The van der Waals surface area contributed by atoms with Crippen molar-refractivity contribution < 1.29 is 9.53 Å². The van der Waals surface area contributed by atoms with Gasteiger partial charge in [-0.25, -0.2) is 0 Å². The SMILES string of the molecule is Cc1ccc(NC(=O)COc2cc(Br)ccc2C)c(N)c1. The first kappa shape index (κ1) is 15.4. The van der Waals surface area contributed by atoms with Crippen LogP contribution in [0.5, 0.6) is 5.75 Å². The summed E-state index contributed by atoms with van der Waals surface area (Å²) in [5.74, 6) is 0.432. The number of rotatable bonds is 4. The van der Waals surface area contributed by atoms with Crippen molar-refractivity contribution in [2.45, 2.75) is 13.8 Å². The van der Waals surface area contributed by atoms with Crippen molar-refractivity contribution in [3.8, 4) is 5.75 Å². The van der Waals surface area contributed by atoms with Gasteiger partial charge in [-0.15, -0.1) is 0 Å². The number of hydrogen-bond acceptors (Lipinski definition) is 3. The molecule has 1 amide bonds. The molecule has 2 rings (SSSR count). The van der Waals surface area contributed by atoms with Crippen molar-refractivity contribution in [3.63, 3.8) is 0 Å². The van der Waals surface area contributed by atoms with E-state index in [0.29, 0.717) is 17.1 Å². The molecule has 110 valence electrons. The molecule has 2 aromatic rings. The van der Waals surface area contributed by atoms with E-state index in [2.05, 4.69) is 21.2 Å². The lowest BCUT2D eigenvalue weighted by Gasteiger charge is -2.11. The van der Waals surface area contributed by atoms with Gasteiger partial charge in [0.2, 0.25) is 0 Å². The lowest BCUT2D eigenvalue weighted by Crippen LogP contribution is -2.21. The summed E-state index contributed by atoms with van der Waals surface area (Å²) in [4.78, 5) is 11.9. The highest BCUT2D eigenvalue weighted by molar-refractivity contribution is 9.10. The molecule has 5 heteroatoms. The van der Waals surface area contributed by atoms with E-state index in [-0.39, 0.29) is 12.5 Å². The van der Waals surface area contributed by atoms with Gasteiger partial charge in [0.15, 0.2) is 6.61 Å². The van der Waals surface area contributed by atoms with Crippen LogP contribution in [-0.2, 0) is 4.79 Å². The Morgan fingerprint density at radius 3 is 2.71 bits per heavy atom. The van der Waals surface area contributed by atoms with Crippen LogP contribution in [0.15, 0.2) is 40.9 Å². The van der Waals surface area contributed by atoms with Gasteiger partial charge in [-0.3, -0.25) is 4.79 Å². The van der Waals surface area contributed by atoms with E-state index in [1.807, 2.05) is 44.2 Å². The maximum Gasteiger partial charge on any atom is 0.262 e. The van der Waals surface area contributed by atoms with Crippen molar-refractivity contribution in [1.82, 2.24) is 0 Å². The number of nitrogen functional groups attached to an aromatic ring is 1. The Balaban J connectivity index is 1.97. The summed E-state index contributed by atoms with van der Waals surface area (Å²) in [5, 5.41) is 2.74. The number of carbonyl (C=O) groups excluding carboxylic acids is 1.